The Bertz CT molecular complexity index is 545. The number of aromatic nitrogens is 1. The third-order valence-electron chi connectivity index (χ3n) is 3.69. The van der Waals surface area contributed by atoms with Crippen LogP contribution < -0.4 is 0 Å². The first-order valence-electron chi connectivity index (χ1n) is 6.87. The average Bonchev–Trinajstić information content (AvgIpc) is 2.82. The Balaban J connectivity index is 2.11. The van der Waals surface area contributed by atoms with Crippen LogP contribution in [0.2, 0.25) is 0 Å². The second-order valence-corrected chi connectivity index (χ2v) is 6.93. The van der Waals surface area contributed by atoms with Gasteiger partial charge in [0.1, 0.15) is 4.90 Å². The van der Waals surface area contributed by atoms with Gasteiger partial charge in [-0.1, -0.05) is 0 Å². The molecule has 1 aromatic heterocycles. The van der Waals surface area contributed by atoms with Crippen molar-refractivity contribution in [3.8, 4) is 0 Å². The van der Waals surface area contributed by atoms with E-state index in [4.69, 9.17) is 9.84 Å². The van der Waals surface area contributed by atoms with Crippen LogP contribution in [-0.2, 0) is 28.4 Å². The zero-order valence-corrected chi connectivity index (χ0v) is 12.8. The number of ether oxygens (including phenoxy) is 1. The van der Waals surface area contributed by atoms with E-state index in [0.29, 0.717) is 25.4 Å². The molecule has 0 aromatic carbocycles. The Labute approximate surface area is 120 Å². The highest BCUT2D eigenvalue weighted by Crippen LogP contribution is 2.23. The molecule has 1 N–H and O–H groups in total. The van der Waals surface area contributed by atoms with Crippen LogP contribution in [0.5, 0.6) is 0 Å². The number of sulfonamides is 1. The molecule has 1 aliphatic rings. The first-order chi connectivity index (χ1) is 9.48. The summed E-state index contributed by atoms with van der Waals surface area (Å²) in [6.45, 7) is 3.41. The molecule has 0 radical (unpaired) electrons. The maximum Gasteiger partial charge on any atom is 0.244 e. The van der Waals surface area contributed by atoms with Gasteiger partial charge in [0.2, 0.25) is 10.0 Å². The van der Waals surface area contributed by atoms with E-state index in [1.165, 1.54) is 10.4 Å². The monoisotopic (exact) mass is 302 g/mol. The molecule has 1 aliphatic heterocycles. The highest BCUT2D eigenvalue weighted by Gasteiger charge is 2.30. The van der Waals surface area contributed by atoms with Crippen LogP contribution in [0.1, 0.15) is 25.5 Å². The van der Waals surface area contributed by atoms with Crippen molar-refractivity contribution in [2.45, 2.75) is 37.4 Å². The SMILES string of the molecule is CCOC1CCN(S(=O)(=O)c2cc(CO)n(C)c2)CC1. The summed E-state index contributed by atoms with van der Waals surface area (Å²) < 4.78 is 33.7. The van der Waals surface area contributed by atoms with Crippen molar-refractivity contribution in [1.29, 1.82) is 0 Å². The van der Waals surface area contributed by atoms with E-state index in [-0.39, 0.29) is 17.6 Å². The van der Waals surface area contributed by atoms with E-state index in [1.54, 1.807) is 17.8 Å². The van der Waals surface area contributed by atoms with Gasteiger partial charge in [0.15, 0.2) is 0 Å². The first-order valence-corrected chi connectivity index (χ1v) is 8.31. The van der Waals surface area contributed by atoms with E-state index in [2.05, 4.69) is 0 Å². The molecule has 1 fully saturated rings. The van der Waals surface area contributed by atoms with E-state index >= 15 is 0 Å². The highest BCUT2D eigenvalue weighted by atomic mass is 32.2. The number of aryl methyl sites for hydroxylation is 1. The van der Waals surface area contributed by atoms with Crippen LogP contribution in [0, 0.1) is 0 Å². The number of aliphatic hydroxyl groups is 1. The second-order valence-electron chi connectivity index (χ2n) is 4.99. The summed E-state index contributed by atoms with van der Waals surface area (Å²) in [5.41, 5.74) is 0.591. The third kappa shape index (κ3) is 3.06. The minimum Gasteiger partial charge on any atom is -0.390 e. The maximum atomic E-state index is 12.5. The topological polar surface area (TPSA) is 71.8 Å². The Hall–Kier alpha value is -0.890. The van der Waals surface area contributed by atoms with Gasteiger partial charge in [-0.15, -0.1) is 0 Å². The second kappa shape index (κ2) is 6.26. The van der Waals surface area contributed by atoms with Crippen LogP contribution >= 0.6 is 0 Å². The van der Waals surface area contributed by atoms with Crippen molar-refractivity contribution >= 4 is 10.0 Å². The molecule has 1 saturated heterocycles. The molecule has 2 rings (SSSR count). The molecular weight excluding hydrogens is 280 g/mol. The van der Waals surface area contributed by atoms with Crippen LogP contribution in [0.4, 0.5) is 0 Å². The summed E-state index contributed by atoms with van der Waals surface area (Å²) in [5, 5.41) is 9.16. The van der Waals surface area contributed by atoms with Gasteiger partial charge in [-0.25, -0.2) is 8.42 Å². The molecule has 0 unspecified atom stereocenters. The van der Waals surface area contributed by atoms with Crippen LogP contribution in [0.15, 0.2) is 17.2 Å². The molecule has 114 valence electrons. The summed E-state index contributed by atoms with van der Waals surface area (Å²) in [5.74, 6) is 0. The first kappa shape index (κ1) is 15.5. The molecule has 20 heavy (non-hydrogen) atoms. The van der Waals surface area contributed by atoms with E-state index in [1.807, 2.05) is 6.92 Å². The molecule has 0 atom stereocenters. The smallest absolute Gasteiger partial charge is 0.244 e. The molecule has 1 aromatic rings. The van der Waals surface area contributed by atoms with Gasteiger partial charge in [-0.2, -0.15) is 4.31 Å². The largest absolute Gasteiger partial charge is 0.390 e. The van der Waals surface area contributed by atoms with Gasteiger partial charge in [0.25, 0.3) is 0 Å². The minimum atomic E-state index is -3.47. The van der Waals surface area contributed by atoms with E-state index in [9.17, 15) is 8.42 Å². The van der Waals surface area contributed by atoms with E-state index < -0.39 is 10.0 Å². The number of piperidine rings is 1. The normalized spacial score (nSPS) is 18.6. The van der Waals surface area contributed by atoms with Gasteiger partial charge in [-0.3, -0.25) is 0 Å². The van der Waals surface area contributed by atoms with Crippen LogP contribution in [-0.4, -0.2) is 48.2 Å². The van der Waals surface area contributed by atoms with Crippen molar-refractivity contribution in [3.63, 3.8) is 0 Å². The third-order valence-corrected chi connectivity index (χ3v) is 5.55. The Morgan fingerprint density at radius 1 is 1.40 bits per heavy atom. The zero-order chi connectivity index (χ0) is 14.8. The van der Waals surface area contributed by atoms with E-state index in [0.717, 1.165) is 12.8 Å². The van der Waals surface area contributed by atoms with Gasteiger partial charge < -0.3 is 14.4 Å². The summed E-state index contributed by atoms with van der Waals surface area (Å²) in [6, 6.07) is 1.53. The lowest BCUT2D eigenvalue weighted by Crippen LogP contribution is -2.40. The Morgan fingerprint density at radius 3 is 2.55 bits per heavy atom. The van der Waals surface area contributed by atoms with Crippen molar-refractivity contribution in [2.75, 3.05) is 19.7 Å². The maximum absolute atomic E-state index is 12.5. The van der Waals surface area contributed by atoms with Gasteiger partial charge >= 0.3 is 0 Å². The molecule has 0 bridgehead atoms. The summed E-state index contributed by atoms with van der Waals surface area (Å²) in [6.07, 6.45) is 3.17. The molecular formula is C13H22N2O4S. The molecule has 0 saturated carbocycles. The zero-order valence-electron chi connectivity index (χ0n) is 11.9. The number of hydrogen-bond donors (Lipinski definition) is 1. The van der Waals surface area contributed by atoms with Gasteiger partial charge in [0.05, 0.1) is 12.7 Å². The lowest BCUT2D eigenvalue weighted by Gasteiger charge is -2.30. The minimum absolute atomic E-state index is 0.162. The molecule has 2 heterocycles. The lowest BCUT2D eigenvalue weighted by atomic mass is 10.1. The number of nitrogens with zero attached hydrogens (tertiary/aromatic N) is 2. The fourth-order valence-corrected chi connectivity index (χ4v) is 4.07. The number of aliphatic hydroxyl groups excluding tert-OH is 1. The average molecular weight is 302 g/mol. The van der Waals surface area contributed by atoms with Crippen molar-refractivity contribution < 1.29 is 18.3 Å². The molecule has 0 aliphatic carbocycles. The number of rotatable bonds is 5. The summed E-state index contributed by atoms with van der Waals surface area (Å²) in [7, 11) is -1.74. The van der Waals surface area contributed by atoms with Crippen LogP contribution in [0.3, 0.4) is 0 Å². The fourth-order valence-electron chi connectivity index (χ4n) is 2.50. The van der Waals surface area contributed by atoms with Gasteiger partial charge in [0, 0.05) is 38.6 Å². The summed E-state index contributed by atoms with van der Waals surface area (Å²) >= 11 is 0. The highest BCUT2D eigenvalue weighted by molar-refractivity contribution is 7.89. The van der Waals surface area contributed by atoms with Crippen LogP contribution in [0.25, 0.3) is 0 Å². The van der Waals surface area contributed by atoms with Crippen molar-refractivity contribution in [3.05, 3.63) is 18.0 Å². The molecule has 7 heteroatoms. The molecule has 6 nitrogen and oxygen atoms in total. The summed E-state index contributed by atoms with van der Waals surface area (Å²) in [4.78, 5) is 0.249. The Morgan fingerprint density at radius 2 is 2.05 bits per heavy atom. The molecule has 0 amide bonds. The quantitative estimate of drug-likeness (QED) is 0.869. The lowest BCUT2D eigenvalue weighted by molar-refractivity contribution is 0.0290. The predicted molar refractivity (Wildman–Crippen MR) is 74.7 cm³/mol. The van der Waals surface area contributed by atoms with Crippen molar-refractivity contribution in [1.82, 2.24) is 8.87 Å². The number of hydrogen-bond acceptors (Lipinski definition) is 4. The van der Waals surface area contributed by atoms with Gasteiger partial charge in [-0.05, 0) is 25.8 Å². The Kier molecular flexibility index (Phi) is 4.85. The van der Waals surface area contributed by atoms with Crippen molar-refractivity contribution in [2.24, 2.45) is 7.05 Å². The fraction of sp³-hybridized carbons (Fsp3) is 0.692. The predicted octanol–water partition coefficient (Wildman–Crippen LogP) is 0.707. The molecule has 0 spiro atoms. The standard InChI is InChI=1S/C13H22N2O4S/c1-3-19-12-4-6-15(7-5-12)20(17,18)13-8-11(10-16)14(2)9-13/h8-9,12,16H,3-7,10H2,1-2H3.